The molecule has 2 rings (SSSR count). The van der Waals surface area contributed by atoms with E-state index >= 15 is 0 Å². The Hall–Kier alpha value is -1.87. The van der Waals surface area contributed by atoms with E-state index in [-0.39, 0.29) is 17.4 Å². The van der Waals surface area contributed by atoms with E-state index in [0.717, 1.165) is 11.1 Å². The zero-order valence-corrected chi connectivity index (χ0v) is 11.2. The van der Waals surface area contributed by atoms with Gasteiger partial charge in [-0.2, -0.15) is 0 Å². The fourth-order valence-corrected chi connectivity index (χ4v) is 1.94. The maximum atomic E-state index is 13.0. The summed E-state index contributed by atoms with van der Waals surface area (Å²) >= 11 is 5.66. The van der Waals surface area contributed by atoms with Crippen LogP contribution in [0.15, 0.2) is 42.5 Å². The summed E-state index contributed by atoms with van der Waals surface area (Å²) in [5.74, 6) is -0.657. The second-order valence-electron chi connectivity index (χ2n) is 4.28. The highest BCUT2D eigenvalue weighted by atomic mass is 35.5. The van der Waals surface area contributed by atoms with Crippen LogP contribution in [-0.4, -0.2) is 5.91 Å². The van der Waals surface area contributed by atoms with E-state index in [4.69, 9.17) is 11.6 Å². The van der Waals surface area contributed by atoms with Crippen molar-refractivity contribution in [2.24, 2.45) is 0 Å². The normalized spacial score (nSPS) is 10.3. The molecule has 4 heteroatoms. The molecule has 0 fully saturated rings. The van der Waals surface area contributed by atoms with E-state index in [2.05, 4.69) is 5.32 Å². The molecule has 19 heavy (non-hydrogen) atoms. The molecule has 0 bridgehead atoms. The van der Waals surface area contributed by atoms with Crippen LogP contribution in [0.5, 0.6) is 0 Å². The topological polar surface area (TPSA) is 29.1 Å². The van der Waals surface area contributed by atoms with Crippen LogP contribution < -0.4 is 5.32 Å². The third-order valence-corrected chi connectivity index (χ3v) is 3.11. The molecule has 0 aromatic heterocycles. The first-order valence-corrected chi connectivity index (χ1v) is 6.23. The van der Waals surface area contributed by atoms with Crippen molar-refractivity contribution in [3.05, 3.63) is 64.4 Å². The molecule has 1 N–H and O–H groups in total. The molecule has 0 aliphatic carbocycles. The Kier molecular flexibility index (Phi) is 4.17. The van der Waals surface area contributed by atoms with Crippen LogP contribution in [0.25, 0.3) is 0 Å². The molecule has 0 aliphatic rings. The Morgan fingerprint density at radius 2 is 2.00 bits per heavy atom. The first-order chi connectivity index (χ1) is 9.06. The zero-order chi connectivity index (χ0) is 13.8. The predicted molar refractivity (Wildman–Crippen MR) is 74.9 cm³/mol. The first-order valence-electron chi connectivity index (χ1n) is 5.85. The number of aryl methyl sites for hydroxylation is 1. The monoisotopic (exact) mass is 277 g/mol. The standard InChI is InChI=1S/C15H13ClFNO/c1-10-4-2-3-5-11(10)8-15(19)18-12-6-7-14(17)13(16)9-12/h2-7,9H,8H2,1H3,(H,18,19). The molecule has 2 nitrogen and oxygen atoms in total. The molecule has 0 spiro atoms. The third-order valence-electron chi connectivity index (χ3n) is 2.82. The second-order valence-corrected chi connectivity index (χ2v) is 4.69. The lowest BCUT2D eigenvalue weighted by Gasteiger charge is -2.07. The van der Waals surface area contributed by atoms with Crippen LogP contribution >= 0.6 is 11.6 Å². The van der Waals surface area contributed by atoms with Crippen molar-refractivity contribution < 1.29 is 9.18 Å². The van der Waals surface area contributed by atoms with E-state index in [1.54, 1.807) is 0 Å². The second kappa shape index (κ2) is 5.85. The van der Waals surface area contributed by atoms with Gasteiger partial charge in [0.1, 0.15) is 5.82 Å². The number of carbonyl (C=O) groups is 1. The lowest BCUT2D eigenvalue weighted by molar-refractivity contribution is -0.115. The van der Waals surface area contributed by atoms with Gasteiger partial charge in [-0.05, 0) is 36.2 Å². The summed E-state index contributed by atoms with van der Waals surface area (Å²) in [5, 5.41) is 2.69. The summed E-state index contributed by atoms with van der Waals surface area (Å²) in [6.45, 7) is 1.96. The summed E-state index contributed by atoms with van der Waals surface area (Å²) in [5.41, 5.74) is 2.52. The van der Waals surface area contributed by atoms with Crippen LogP contribution in [0.1, 0.15) is 11.1 Å². The largest absolute Gasteiger partial charge is 0.326 e. The Bertz CT molecular complexity index is 613. The molecule has 0 atom stereocenters. The lowest BCUT2D eigenvalue weighted by atomic mass is 10.1. The van der Waals surface area contributed by atoms with Crippen molar-refractivity contribution in [3.63, 3.8) is 0 Å². The molecule has 1 amide bonds. The van der Waals surface area contributed by atoms with Crippen LogP contribution in [0.4, 0.5) is 10.1 Å². The molecule has 0 unspecified atom stereocenters. The summed E-state index contributed by atoms with van der Waals surface area (Å²) in [6.07, 6.45) is 0.279. The van der Waals surface area contributed by atoms with Gasteiger partial charge in [-0.25, -0.2) is 4.39 Å². The van der Waals surface area contributed by atoms with Crippen LogP contribution in [-0.2, 0) is 11.2 Å². The van der Waals surface area contributed by atoms with E-state index in [1.165, 1.54) is 18.2 Å². The minimum atomic E-state index is -0.501. The summed E-state index contributed by atoms with van der Waals surface area (Å²) in [6, 6.07) is 11.8. The van der Waals surface area contributed by atoms with E-state index in [1.807, 2.05) is 31.2 Å². The number of rotatable bonds is 3. The van der Waals surface area contributed by atoms with Gasteiger partial charge >= 0.3 is 0 Å². The highest BCUT2D eigenvalue weighted by Gasteiger charge is 2.07. The first kappa shape index (κ1) is 13.6. The molecular formula is C15H13ClFNO. The Morgan fingerprint density at radius 1 is 1.26 bits per heavy atom. The molecule has 2 aromatic carbocycles. The quantitative estimate of drug-likeness (QED) is 0.904. The molecule has 0 saturated heterocycles. The van der Waals surface area contributed by atoms with Crippen molar-refractivity contribution in [1.82, 2.24) is 0 Å². The van der Waals surface area contributed by atoms with Crippen molar-refractivity contribution in [2.45, 2.75) is 13.3 Å². The summed E-state index contributed by atoms with van der Waals surface area (Å²) < 4.78 is 13.0. The number of halogens is 2. The Labute approximate surface area is 116 Å². The molecular weight excluding hydrogens is 265 g/mol. The molecule has 2 aromatic rings. The van der Waals surface area contributed by atoms with Gasteiger partial charge in [0, 0.05) is 5.69 Å². The summed E-state index contributed by atoms with van der Waals surface area (Å²) in [7, 11) is 0. The molecule has 0 saturated carbocycles. The number of benzene rings is 2. The number of carbonyl (C=O) groups excluding carboxylic acids is 1. The molecule has 0 radical (unpaired) electrons. The fraction of sp³-hybridized carbons (Fsp3) is 0.133. The highest BCUT2D eigenvalue weighted by molar-refractivity contribution is 6.31. The lowest BCUT2D eigenvalue weighted by Crippen LogP contribution is -2.15. The van der Waals surface area contributed by atoms with Crippen molar-refractivity contribution in [1.29, 1.82) is 0 Å². The van der Waals surface area contributed by atoms with E-state index in [9.17, 15) is 9.18 Å². The van der Waals surface area contributed by atoms with Crippen molar-refractivity contribution in [3.8, 4) is 0 Å². The zero-order valence-electron chi connectivity index (χ0n) is 10.4. The molecule has 0 aliphatic heterocycles. The SMILES string of the molecule is Cc1ccccc1CC(=O)Nc1ccc(F)c(Cl)c1. The molecule has 98 valence electrons. The number of hydrogen-bond donors (Lipinski definition) is 1. The Balaban J connectivity index is 2.05. The minimum absolute atomic E-state index is 0.00584. The van der Waals surface area contributed by atoms with Crippen LogP contribution in [0.3, 0.4) is 0 Å². The van der Waals surface area contributed by atoms with E-state index < -0.39 is 5.82 Å². The average molecular weight is 278 g/mol. The Morgan fingerprint density at radius 3 is 2.68 bits per heavy atom. The fourth-order valence-electron chi connectivity index (χ4n) is 1.76. The maximum absolute atomic E-state index is 13.0. The summed E-state index contributed by atoms with van der Waals surface area (Å²) in [4.78, 5) is 11.9. The van der Waals surface area contributed by atoms with Crippen molar-refractivity contribution >= 4 is 23.2 Å². The van der Waals surface area contributed by atoms with Crippen molar-refractivity contribution in [2.75, 3.05) is 5.32 Å². The van der Waals surface area contributed by atoms with Gasteiger partial charge in [0.2, 0.25) is 5.91 Å². The van der Waals surface area contributed by atoms with Gasteiger partial charge < -0.3 is 5.32 Å². The maximum Gasteiger partial charge on any atom is 0.228 e. The predicted octanol–water partition coefficient (Wildman–Crippen LogP) is 3.97. The number of nitrogens with one attached hydrogen (secondary N) is 1. The third kappa shape index (κ3) is 3.55. The van der Waals surface area contributed by atoms with Crippen LogP contribution in [0.2, 0.25) is 5.02 Å². The number of amides is 1. The van der Waals surface area contributed by atoms with Gasteiger partial charge in [0.25, 0.3) is 0 Å². The highest BCUT2D eigenvalue weighted by Crippen LogP contribution is 2.19. The van der Waals surface area contributed by atoms with Gasteiger partial charge in [-0.1, -0.05) is 35.9 Å². The van der Waals surface area contributed by atoms with E-state index in [0.29, 0.717) is 5.69 Å². The molecule has 0 heterocycles. The van der Waals surface area contributed by atoms with Crippen LogP contribution in [0, 0.1) is 12.7 Å². The average Bonchev–Trinajstić information content (AvgIpc) is 2.37. The number of hydrogen-bond acceptors (Lipinski definition) is 1. The number of anilines is 1. The van der Waals surface area contributed by atoms with Gasteiger partial charge in [0.15, 0.2) is 0 Å². The van der Waals surface area contributed by atoms with Gasteiger partial charge in [0.05, 0.1) is 11.4 Å². The van der Waals surface area contributed by atoms with Gasteiger partial charge in [-0.3, -0.25) is 4.79 Å². The smallest absolute Gasteiger partial charge is 0.228 e. The van der Waals surface area contributed by atoms with Gasteiger partial charge in [-0.15, -0.1) is 0 Å². The minimum Gasteiger partial charge on any atom is -0.326 e.